The number of hydrogen-bond donors (Lipinski definition) is 1. The largest absolute Gasteiger partial charge is 0.476 e. The highest BCUT2D eigenvalue weighted by Crippen LogP contribution is 2.17. The fourth-order valence-corrected chi connectivity index (χ4v) is 2.93. The number of rotatable bonds is 6. The zero-order valence-corrected chi connectivity index (χ0v) is 14.6. The van der Waals surface area contributed by atoms with Gasteiger partial charge >= 0.3 is 16.1 Å². The Morgan fingerprint density at radius 1 is 1.08 bits per heavy atom. The van der Waals surface area contributed by atoms with E-state index in [1.165, 1.54) is 23.9 Å². The van der Waals surface area contributed by atoms with E-state index < -0.39 is 21.8 Å². The summed E-state index contributed by atoms with van der Waals surface area (Å²) in [5.74, 6) is -1.38. The van der Waals surface area contributed by atoms with Crippen LogP contribution in [0.5, 0.6) is 0 Å². The lowest BCUT2D eigenvalue weighted by Gasteiger charge is -2.05. The Labute approximate surface area is 144 Å². The van der Waals surface area contributed by atoms with Crippen LogP contribution in [0.15, 0.2) is 63.5 Å². The average Bonchev–Trinajstić information content (AvgIpc) is 2.55. The molecule has 1 N–H and O–H groups in total. The van der Waals surface area contributed by atoms with E-state index in [1.54, 1.807) is 36.4 Å². The highest BCUT2D eigenvalue weighted by molar-refractivity contribution is 7.98. The van der Waals surface area contributed by atoms with Crippen molar-refractivity contribution in [1.82, 2.24) is 0 Å². The summed E-state index contributed by atoms with van der Waals surface area (Å²) in [4.78, 5) is 12.2. The van der Waals surface area contributed by atoms with Gasteiger partial charge in [-0.15, -0.1) is 11.8 Å². The molecule has 0 heterocycles. The van der Waals surface area contributed by atoms with Gasteiger partial charge in [-0.1, -0.05) is 35.0 Å². The Bertz CT molecular complexity index is 856. The molecule has 8 heteroatoms. The second-order valence-corrected chi connectivity index (χ2v) is 7.22. The molecule has 0 aliphatic carbocycles. The van der Waals surface area contributed by atoms with Crippen LogP contribution in [0.1, 0.15) is 11.1 Å². The molecule has 6 nitrogen and oxygen atoms in total. The van der Waals surface area contributed by atoms with Crippen molar-refractivity contribution >= 4 is 33.6 Å². The zero-order valence-electron chi connectivity index (χ0n) is 13.0. The maximum absolute atomic E-state index is 12.1. The number of carboxylic acids is 1. The number of hydrogen-bond acceptors (Lipinski definition) is 6. The quantitative estimate of drug-likeness (QED) is 0.481. The zero-order chi connectivity index (χ0) is 17.7. The second-order valence-electron chi connectivity index (χ2n) is 4.82. The molecule has 2 rings (SSSR count). The molecule has 2 aromatic carbocycles. The highest BCUT2D eigenvalue weighted by atomic mass is 32.2. The van der Waals surface area contributed by atoms with Gasteiger partial charge in [-0.05, 0) is 37.4 Å². The molecule has 0 bridgehead atoms. The number of benzene rings is 2. The standard InChI is InChI=1S/C16H15NO5S2/c1-11-3-9-14(10-4-11)24(20,21)22-17-15(16(18)19)12-5-7-13(23-2)8-6-12/h3-10H,1-2H3,(H,18,19)/b17-15+. The van der Waals surface area contributed by atoms with E-state index in [0.717, 1.165) is 10.5 Å². The molecule has 0 unspecified atom stereocenters. The maximum atomic E-state index is 12.1. The van der Waals surface area contributed by atoms with E-state index in [-0.39, 0.29) is 10.5 Å². The van der Waals surface area contributed by atoms with Crippen LogP contribution in [0.25, 0.3) is 0 Å². The van der Waals surface area contributed by atoms with Crippen molar-refractivity contribution in [2.45, 2.75) is 16.7 Å². The Hall–Kier alpha value is -2.32. The number of nitrogens with zero attached hydrogens (tertiary/aromatic N) is 1. The third kappa shape index (κ3) is 4.36. The van der Waals surface area contributed by atoms with Crippen molar-refractivity contribution in [3.63, 3.8) is 0 Å². The number of aliphatic carboxylic acids is 1. The van der Waals surface area contributed by atoms with E-state index in [9.17, 15) is 18.3 Å². The molecule has 0 saturated heterocycles. The first-order valence-electron chi connectivity index (χ1n) is 6.79. The minimum absolute atomic E-state index is 0.0979. The second kappa shape index (κ2) is 7.50. The monoisotopic (exact) mass is 365 g/mol. The summed E-state index contributed by atoms with van der Waals surface area (Å²) in [7, 11) is -4.18. The lowest BCUT2D eigenvalue weighted by atomic mass is 10.1. The maximum Gasteiger partial charge on any atom is 0.358 e. The number of thioether (sulfide) groups is 1. The van der Waals surface area contributed by atoms with Crippen LogP contribution in [0.4, 0.5) is 0 Å². The Morgan fingerprint density at radius 3 is 2.17 bits per heavy atom. The molecule has 0 radical (unpaired) electrons. The fourth-order valence-electron chi connectivity index (χ4n) is 1.80. The molecule has 0 fully saturated rings. The first kappa shape index (κ1) is 18.0. The minimum Gasteiger partial charge on any atom is -0.476 e. The number of oxime groups is 1. The molecule has 0 spiro atoms. The summed E-state index contributed by atoms with van der Waals surface area (Å²) in [5, 5.41) is 12.6. The normalized spacial score (nSPS) is 12.0. The van der Waals surface area contributed by atoms with Gasteiger partial charge in [0.2, 0.25) is 0 Å². The number of carboxylic acid groups (broad SMARTS) is 1. The van der Waals surface area contributed by atoms with E-state index in [0.29, 0.717) is 0 Å². The van der Waals surface area contributed by atoms with E-state index in [4.69, 9.17) is 0 Å². The van der Waals surface area contributed by atoms with Crippen LogP contribution in [-0.2, 0) is 19.2 Å². The van der Waals surface area contributed by atoms with Crippen molar-refractivity contribution in [2.24, 2.45) is 5.16 Å². The minimum atomic E-state index is -4.18. The molecule has 2 aromatic rings. The van der Waals surface area contributed by atoms with Gasteiger partial charge in [-0.25, -0.2) is 4.79 Å². The third-order valence-electron chi connectivity index (χ3n) is 3.10. The summed E-state index contributed by atoms with van der Waals surface area (Å²) in [5.41, 5.74) is 0.648. The molecule has 0 saturated carbocycles. The third-order valence-corrected chi connectivity index (χ3v) is 4.97. The van der Waals surface area contributed by atoms with Gasteiger partial charge < -0.3 is 5.11 Å². The van der Waals surface area contributed by atoms with Crippen molar-refractivity contribution < 1.29 is 22.6 Å². The Kier molecular flexibility index (Phi) is 5.63. The molecule has 126 valence electrons. The SMILES string of the molecule is CSc1ccc(/C(=N\OS(=O)(=O)c2ccc(C)cc2)C(=O)O)cc1. The van der Waals surface area contributed by atoms with E-state index in [1.807, 2.05) is 13.2 Å². The first-order chi connectivity index (χ1) is 11.3. The summed E-state index contributed by atoms with van der Waals surface area (Å²) in [6.07, 6.45) is 1.89. The molecule has 24 heavy (non-hydrogen) atoms. The Balaban J connectivity index is 2.30. The van der Waals surface area contributed by atoms with Gasteiger partial charge in [-0.3, -0.25) is 4.28 Å². The summed E-state index contributed by atoms with van der Waals surface area (Å²) < 4.78 is 28.7. The van der Waals surface area contributed by atoms with Crippen molar-refractivity contribution in [3.8, 4) is 0 Å². The van der Waals surface area contributed by atoms with Crippen molar-refractivity contribution in [2.75, 3.05) is 6.26 Å². The van der Waals surface area contributed by atoms with Gasteiger partial charge in [0.05, 0.1) is 0 Å². The van der Waals surface area contributed by atoms with Crippen LogP contribution < -0.4 is 0 Å². The highest BCUT2D eigenvalue weighted by Gasteiger charge is 2.19. The molecular weight excluding hydrogens is 350 g/mol. The smallest absolute Gasteiger partial charge is 0.358 e. The summed E-state index contributed by atoms with van der Waals surface area (Å²) in [6.45, 7) is 1.82. The molecule has 0 aliphatic rings. The molecule has 0 atom stereocenters. The number of aryl methyl sites for hydroxylation is 1. The van der Waals surface area contributed by atoms with E-state index in [2.05, 4.69) is 9.44 Å². The summed E-state index contributed by atoms with van der Waals surface area (Å²) in [6, 6.07) is 12.5. The van der Waals surface area contributed by atoms with Crippen LogP contribution in [-0.4, -0.2) is 31.5 Å². The fraction of sp³-hybridized carbons (Fsp3) is 0.125. The lowest BCUT2D eigenvalue weighted by Crippen LogP contribution is -2.16. The van der Waals surface area contributed by atoms with Gasteiger partial charge in [0.1, 0.15) is 4.90 Å². The number of carbonyl (C=O) groups is 1. The van der Waals surface area contributed by atoms with Crippen LogP contribution in [0.3, 0.4) is 0 Å². The molecular formula is C16H15NO5S2. The predicted octanol–water partition coefficient (Wildman–Crippen LogP) is 2.91. The first-order valence-corrected chi connectivity index (χ1v) is 9.43. The Morgan fingerprint density at radius 2 is 1.67 bits per heavy atom. The average molecular weight is 365 g/mol. The summed E-state index contributed by atoms with van der Waals surface area (Å²) >= 11 is 1.50. The lowest BCUT2D eigenvalue weighted by molar-refractivity contribution is -0.129. The topological polar surface area (TPSA) is 93.0 Å². The van der Waals surface area contributed by atoms with Gasteiger partial charge in [0.25, 0.3) is 0 Å². The molecule has 0 aromatic heterocycles. The van der Waals surface area contributed by atoms with Gasteiger partial charge in [-0.2, -0.15) is 8.42 Å². The van der Waals surface area contributed by atoms with Crippen LogP contribution >= 0.6 is 11.8 Å². The van der Waals surface area contributed by atoms with Gasteiger partial charge in [0.15, 0.2) is 5.71 Å². The van der Waals surface area contributed by atoms with Crippen molar-refractivity contribution in [3.05, 3.63) is 59.7 Å². The van der Waals surface area contributed by atoms with E-state index >= 15 is 0 Å². The molecule has 0 aliphatic heterocycles. The van der Waals surface area contributed by atoms with Crippen LogP contribution in [0, 0.1) is 6.92 Å². The van der Waals surface area contributed by atoms with Gasteiger partial charge in [0, 0.05) is 10.5 Å². The van der Waals surface area contributed by atoms with Crippen molar-refractivity contribution in [1.29, 1.82) is 0 Å². The predicted molar refractivity (Wildman–Crippen MR) is 91.8 cm³/mol. The molecule has 0 amide bonds. The van der Waals surface area contributed by atoms with Crippen LogP contribution in [0.2, 0.25) is 0 Å².